The average Bonchev–Trinajstić information content (AvgIpc) is 2.53. The lowest BCUT2D eigenvalue weighted by atomic mass is 9.98. The molecule has 2 rings (SSSR count). The Kier molecular flexibility index (Phi) is 4.23. The number of nitro groups is 1. The lowest BCUT2D eigenvalue weighted by Gasteiger charge is -2.11. The van der Waals surface area contributed by atoms with Crippen LogP contribution in [0.2, 0.25) is 0 Å². The number of methoxy groups -OCH3 is 2. The van der Waals surface area contributed by atoms with Crippen molar-refractivity contribution >= 4 is 5.69 Å². The highest BCUT2D eigenvalue weighted by atomic mass is 19.1. The summed E-state index contributed by atoms with van der Waals surface area (Å²) in [7, 11) is 2.68. The van der Waals surface area contributed by atoms with Crippen molar-refractivity contribution in [2.24, 2.45) is 0 Å². The number of hydrogen-bond donors (Lipinski definition) is 0. The second-order valence-corrected chi connectivity index (χ2v) is 4.26. The van der Waals surface area contributed by atoms with Gasteiger partial charge in [-0.15, -0.1) is 0 Å². The van der Waals surface area contributed by atoms with Crippen LogP contribution >= 0.6 is 0 Å². The fourth-order valence-corrected chi connectivity index (χ4v) is 2.11. The van der Waals surface area contributed by atoms with Gasteiger partial charge in [0.2, 0.25) is 5.75 Å². The Bertz CT molecular complexity index is 767. The number of halogens is 1. The average molecular weight is 302 g/mol. The van der Waals surface area contributed by atoms with Gasteiger partial charge in [0.1, 0.15) is 23.2 Å². The van der Waals surface area contributed by atoms with Crippen LogP contribution in [0.25, 0.3) is 11.1 Å². The molecule has 0 spiro atoms. The summed E-state index contributed by atoms with van der Waals surface area (Å²) in [5, 5.41) is 20.2. The molecule has 2 aromatic carbocycles. The SMILES string of the molecule is COc1ccc(-c2c(F)cc([N+](=O)[O-])c(OC)c2C#N)cc1. The zero-order valence-electron chi connectivity index (χ0n) is 11.8. The molecule has 7 heteroatoms. The first-order valence-corrected chi connectivity index (χ1v) is 6.12. The molecule has 0 atom stereocenters. The highest BCUT2D eigenvalue weighted by Gasteiger charge is 2.26. The molecule has 0 saturated carbocycles. The molecule has 112 valence electrons. The summed E-state index contributed by atoms with van der Waals surface area (Å²) in [6.07, 6.45) is 0. The Labute approximate surface area is 125 Å². The number of hydrogen-bond acceptors (Lipinski definition) is 5. The third-order valence-corrected chi connectivity index (χ3v) is 3.10. The number of benzene rings is 2. The second kappa shape index (κ2) is 6.10. The summed E-state index contributed by atoms with van der Waals surface area (Å²) in [6.45, 7) is 0. The summed E-state index contributed by atoms with van der Waals surface area (Å²) < 4.78 is 24.2. The highest BCUT2D eigenvalue weighted by Crippen LogP contribution is 2.39. The lowest BCUT2D eigenvalue weighted by Crippen LogP contribution is -2.01. The standard InChI is InChI=1S/C15H11FN2O4/c1-21-10-5-3-9(4-6-10)14-11(8-17)15(22-2)13(18(19)20)7-12(14)16/h3-7H,1-2H3. The molecule has 0 bridgehead atoms. The van der Waals surface area contributed by atoms with Gasteiger partial charge in [0, 0.05) is 5.56 Å². The number of nitriles is 1. The smallest absolute Gasteiger partial charge is 0.315 e. The van der Waals surface area contributed by atoms with E-state index < -0.39 is 16.4 Å². The molecule has 2 aromatic rings. The first-order valence-electron chi connectivity index (χ1n) is 6.12. The lowest BCUT2D eigenvalue weighted by molar-refractivity contribution is -0.385. The van der Waals surface area contributed by atoms with Crippen LogP contribution in [-0.2, 0) is 0 Å². The van der Waals surface area contributed by atoms with Crippen molar-refractivity contribution in [2.75, 3.05) is 14.2 Å². The van der Waals surface area contributed by atoms with Crippen LogP contribution in [0, 0.1) is 27.3 Å². The Morgan fingerprint density at radius 1 is 1.23 bits per heavy atom. The van der Waals surface area contributed by atoms with Gasteiger partial charge in [-0.05, 0) is 17.7 Å². The maximum Gasteiger partial charge on any atom is 0.315 e. The zero-order valence-corrected chi connectivity index (χ0v) is 11.8. The minimum atomic E-state index is -0.866. The first kappa shape index (κ1) is 15.3. The van der Waals surface area contributed by atoms with Crippen molar-refractivity contribution < 1.29 is 18.8 Å². The third kappa shape index (κ3) is 2.54. The molecule has 0 amide bonds. The predicted octanol–water partition coefficient (Wildman–Crippen LogP) is 3.29. The summed E-state index contributed by atoms with van der Waals surface area (Å²) in [6, 6.07) is 8.85. The van der Waals surface area contributed by atoms with Crippen LogP contribution in [0.1, 0.15) is 5.56 Å². The zero-order chi connectivity index (χ0) is 16.3. The van der Waals surface area contributed by atoms with E-state index in [4.69, 9.17) is 9.47 Å². The van der Waals surface area contributed by atoms with Gasteiger partial charge in [0.15, 0.2) is 0 Å². The van der Waals surface area contributed by atoms with Crippen molar-refractivity contribution in [3.8, 4) is 28.7 Å². The monoisotopic (exact) mass is 302 g/mol. The molecular formula is C15H11FN2O4. The minimum Gasteiger partial charge on any atom is -0.497 e. The minimum absolute atomic E-state index is 0.0485. The topological polar surface area (TPSA) is 85.4 Å². The van der Waals surface area contributed by atoms with E-state index in [0.29, 0.717) is 11.3 Å². The van der Waals surface area contributed by atoms with Crippen molar-refractivity contribution in [2.45, 2.75) is 0 Å². The van der Waals surface area contributed by atoms with Gasteiger partial charge in [-0.3, -0.25) is 10.1 Å². The van der Waals surface area contributed by atoms with Gasteiger partial charge in [-0.25, -0.2) is 4.39 Å². The normalized spacial score (nSPS) is 9.91. The summed E-state index contributed by atoms with van der Waals surface area (Å²) in [4.78, 5) is 10.2. The Hall–Kier alpha value is -3.14. The number of nitro benzene ring substituents is 1. The van der Waals surface area contributed by atoms with E-state index in [1.54, 1.807) is 30.3 Å². The fourth-order valence-electron chi connectivity index (χ4n) is 2.11. The van der Waals surface area contributed by atoms with Crippen molar-refractivity contribution in [1.82, 2.24) is 0 Å². The molecule has 0 aliphatic rings. The molecular weight excluding hydrogens is 291 g/mol. The quantitative estimate of drug-likeness (QED) is 0.639. The molecule has 22 heavy (non-hydrogen) atoms. The Morgan fingerprint density at radius 3 is 2.32 bits per heavy atom. The molecule has 0 N–H and O–H groups in total. The number of ether oxygens (including phenoxy) is 2. The summed E-state index contributed by atoms with van der Waals surface area (Å²) in [5.41, 5.74) is -0.469. The highest BCUT2D eigenvalue weighted by molar-refractivity contribution is 5.78. The molecule has 0 aromatic heterocycles. The van der Waals surface area contributed by atoms with Gasteiger partial charge in [0.25, 0.3) is 0 Å². The van der Waals surface area contributed by atoms with E-state index >= 15 is 0 Å². The largest absolute Gasteiger partial charge is 0.497 e. The summed E-state index contributed by atoms with van der Waals surface area (Å²) in [5.74, 6) is -0.564. The second-order valence-electron chi connectivity index (χ2n) is 4.26. The van der Waals surface area contributed by atoms with Crippen LogP contribution in [-0.4, -0.2) is 19.1 Å². The van der Waals surface area contributed by atoms with Gasteiger partial charge in [0.05, 0.1) is 25.2 Å². The van der Waals surface area contributed by atoms with Gasteiger partial charge in [-0.2, -0.15) is 5.26 Å². The van der Waals surface area contributed by atoms with Crippen LogP contribution in [0.3, 0.4) is 0 Å². The number of rotatable bonds is 4. The van der Waals surface area contributed by atoms with Crippen LogP contribution in [0.5, 0.6) is 11.5 Å². The van der Waals surface area contributed by atoms with E-state index in [2.05, 4.69) is 0 Å². The van der Waals surface area contributed by atoms with Crippen LogP contribution < -0.4 is 9.47 Å². The molecule has 0 aliphatic heterocycles. The first-order chi connectivity index (χ1) is 10.5. The maximum atomic E-state index is 14.3. The van der Waals surface area contributed by atoms with Crippen molar-refractivity contribution in [3.63, 3.8) is 0 Å². The molecule has 0 radical (unpaired) electrons. The van der Waals surface area contributed by atoms with E-state index in [1.807, 2.05) is 0 Å². The van der Waals surface area contributed by atoms with E-state index in [0.717, 1.165) is 6.07 Å². The molecule has 0 fully saturated rings. The molecule has 6 nitrogen and oxygen atoms in total. The van der Waals surface area contributed by atoms with Crippen molar-refractivity contribution in [3.05, 3.63) is 51.8 Å². The number of nitrogens with zero attached hydrogens (tertiary/aromatic N) is 2. The summed E-state index contributed by atoms with van der Waals surface area (Å²) >= 11 is 0. The predicted molar refractivity (Wildman–Crippen MR) is 76.3 cm³/mol. The molecule has 0 heterocycles. The van der Waals surface area contributed by atoms with E-state index in [9.17, 15) is 19.8 Å². The Morgan fingerprint density at radius 2 is 1.86 bits per heavy atom. The Balaban J connectivity index is 2.75. The molecule has 0 unspecified atom stereocenters. The van der Waals surface area contributed by atoms with Crippen molar-refractivity contribution in [1.29, 1.82) is 5.26 Å². The molecule has 0 saturated heterocycles. The van der Waals surface area contributed by atoms with E-state index in [1.165, 1.54) is 14.2 Å². The van der Waals surface area contributed by atoms with Gasteiger partial charge >= 0.3 is 5.69 Å². The fraction of sp³-hybridized carbons (Fsp3) is 0.133. The third-order valence-electron chi connectivity index (χ3n) is 3.10. The van der Waals surface area contributed by atoms with Crippen LogP contribution in [0.15, 0.2) is 30.3 Å². The maximum absolute atomic E-state index is 14.3. The van der Waals surface area contributed by atoms with Crippen LogP contribution in [0.4, 0.5) is 10.1 Å². The van der Waals surface area contributed by atoms with E-state index in [-0.39, 0.29) is 16.9 Å². The van der Waals surface area contributed by atoms with Gasteiger partial charge < -0.3 is 9.47 Å². The molecule has 0 aliphatic carbocycles. The van der Waals surface area contributed by atoms with Gasteiger partial charge in [-0.1, -0.05) is 12.1 Å².